The van der Waals surface area contributed by atoms with E-state index in [1.165, 1.54) is 12.8 Å². The Morgan fingerprint density at radius 3 is 2.86 bits per heavy atom. The molecule has 1 aliphatic carbocycles. The number of benzene rings is 1. The smallest absolute Gasteiger partial charge is 0.146 e. The van der Waals surface area contributed by atoms with E-state index in [-0.39, 0.29) is 16.9 Å². The summed E-state index contributed by atoms with van der Waals surface area (Å²) >= 11 is 5.68. The Morgan fingerprint density at radius 1 is 1.50 bits per heavy atom. The van der Waals surface area contributed by atoms with Crippen LogP contribution >= 0.6 is 11.6 Å². The average molecular weight is 214 g/mol. The maximum absolute atomic E-state index is 13.5. The van der Waals surface area contributed by atoms with Gasteiger partial charge in [0.2, 0.25) is 0 Å². The van der Waals surface area contributed by atoms with E-state index in [0.29, 0.717) is 11.5 Å². The van der Waals surface area contributed by atoms with Gasteiger partial charge in [-0.2, -0.15) is 0 Å². The third-order valence-corrected chi connectivity index (χ3v) is 2.96. The zero-order chi connectivity index (χ0) is 10.1. The molecule has 0 amide bonds. The normalized spacial score (nSPS) is 18.2. The lowest BCUT2D eigenvalue weighted by atomic mass is 10.0. The van der Waals surface area contributed by atoms with Crippen LogP contribution in [0.1, 0.15) is 30.9 Å². The highest BCUT2D eigenvalue weighted by Gasteiger charge is 2.25. The van der Waals surface area contributed by atoms with Crippen molar-refractivity contribution in [2.75, 3.05) is 0 Å². The molecule has 1 aromatic carbocycles. The van der Waals surface area contributed by atoms with Crippen LogP contribution in [-0.2, 0) is 0 Å². The topological polar surface area (TPSA) is 26.0 Å². The van der Waals surface area contributed by atoms with Gasteiger partial charge in [0.05, 0.1) is 5.02 Å². The fourth-order valence-electron chi connectivity index (χ4n) is 1.65. The highest BCUT2D eigenvalue weighted by Crippen LogP contribution is 2.37. The lowest BCUT2D eigenvalue weighted by molar-refractivity contribution is 0.543. The van der Waals surface area contributed by atoms with Gasteiger partial charge in [0.1, 0.15) is 5.82 Å². The molecule has 2 N–H and O–H groups in total. The average Bonchev–Trinajstić information content (AvgIpc) is 2.93. The van der Waals surface area contributed by atoms with Gasteiger partial charge < -0.3 is 5.73 Å². The van der Waals surface area contributed by atoms with Crippen molar-refractivity contribution in [1.82, 2.24) is 0 Å². The summed E-state index contributed by atoms with van der Waals surface area (Å²) in [7, 11) is 0. The number of rotatable bonds is 3. The van der Waals surface area contributed by atoms with Gasteiger partial charge in [0.15, 0.2) is 0 Å². The second-order valence-corrected chi connectivity index (χ2v) is 4.34. The maximum Gasteiger partial charge on any atom is 0.146 e. The molecule has 0 bridgehead atoms. The predicted octanol–water partition coefficient (Wildman–Crippen LogP) is 3.28. The zero-order valence-electron chi connectivity index (χ0n) is 7.84. The summed E-state index contributed by atoms with van der Waals surface area (Å²) < 4.78 is 13.5. The van der Waals surface area contributed by atoms with Gasteiger partial charge >= 0.3 is 0 Å². The van der Waals surface area contributed by atoms with E-state index in [2.05, 4.69) is 0 Å². The van der Waals surface area contributed by atoms with Crippen molar-refractivity contribution in [3.05, 3.63) is 34.6 Å². The molecule has 1 unspecified atom stereocenters. The summed E-state index contributed by atoms with van der Waals surface area (Å²) in [5.41, 5.74) is 6.45. The van der Waals surface area contributed by atoms with E-state index in [1.807, 2.05) is 0 Å². The van der Waals surface area contributed by atoms with Crippen molar-refractivity contribution < 1.29 is 4.39 Å². The monoisotopic (exact) mass is 213 g/mol. The molecule has 1 aromatic rings. The van der Waals surface area contributed by atoms with Crippen molar-refractivity contribution in [3.8, 4) is 0 Å². The molecule has 1 nitrogen and oxygen atoms in total. The second-order valence-electron chi connectivity index (χ2n) is 3.93. The molecule has 0 aliphatic heterocycles. The van der Waals surface area contributed by atoms with E-state index in [9.17, 15) is 4.39 Å². The van der Waals surface area contributed by atoms with Gasteiger partial charge in [-0.15, -0.1) is 0 Å². The molecule has 0 aromatic heterocycles. The van der Waals surface area contributed by atoms with Gasteiger partial charge in [-0.25, -0.2) is 4.39 Å². The molecule has 2 rings (SSSR count). The summed E-state index contributed by atoms with van der Waals surface area (Å²) in [6.07, 6.45) is 3.34. The quantitative estimate of drug-likeness (QED) is 0.820. The molecule has 0 saturated heterocycles. The van der Waals surface area contributed by atoms with Gasteiger partial charge in [-0.05, 0) is 18.4 Å². The van der Waals surface area contributed by atoms with Gasteiger partial charge in [-0.1, -0.05) is 36.6 Å². The molecule has 0 radical (unpaired) electrons. The zero-order valence-corrected chi connectivity index (χ0v) is 8.60. The summed E-state index contributed by atoms with van der Waals surface area (Å²) in [6, 6.07) is 4.80. The second kappa shape index (κ2) is 3.87. The predicted molar refractivity (Wildman–Crippen MR) is 55.7 cm³/mol. The Labute approximate surface area is 88.1 Å². The highest BCUT2D eigenvalue weighted by molar-refractivity contribution is 6.30. The fraction of sp³-hybridized carbons (Fsp3) is 0.455. The number of nitrogens with two attached hydrogens (primary N) is 1. The SMILES string of the molecule is NC(CC1CC1)c1cccc(Cl)c1F. The Kier molecular flexibility index (Phi) is 2.75. The molecule has 1 aliphatic rings. The molecule has 1 saturated carbocycles. The minimum atomic E-state index is -0.359. The Bertz CT molecular complexity index is 336. The molecule has 0 heterocycles. The highest BCUT2D eigenvalue weighted by atomic mass is 35.5. The number of hydrogen-bond acceptors (Lipinski definition) is 1. The maximum atomic E-state index is 13.5. The Balaban J connectivity index is 2.16. The fourth-order valence-corrected chi connectivity index (χ4v) is 1.83. The molecule has 0 spiro atoms. The van der Waals surface area contributed by atoms with E-state index in [1.54, 1.807) is 18.2 Å². The van der Waals surface area contributed by atoms with Crippen molar-refractivity contribution in [3.63, 3.8) is 0 Å². The molecule has 76 valence electrons. The third-order valence-electron chi connectivity index (χ3n) is 2.67. The van der Waals surface area contributed by atoms with Crippen LogP contribution in [0.25, 0.3) is 0 Å². The Morgan fingerprint density at radius 2 is 2.21 bits per heavy atom. The van der Waals surface area contributed by atoms with Crippen LogP contribution in [0.15, 0.2) is 18.2 Å². The van der Waals surface area contributed by atoms with Crippen LogP contribution in [0.5, 0.6) is 0 Å². The molecule has 3 heteroatoms. The number of hydrogen-bond donors (Lipinski definition) is 1. The first kappa shape index (κ1) is 9.94. The van der Waals surface area contributed by atoms with Gasteiger partial charge in [-0.3, -0.25) is 0 Å². The third kappa shape index (κ3) is 2.07. The first-order chi connectivity index (χ1) is 6.68. The summed E-state index contributed by atoms with van der Waals surface area (Å²) in [6.45, 7) is 0. The largest absolute Gasteiger partial charge is 0.324 e. The van der Waals surface area contributed by atoms with Crippen molar-refractivity contribution in [2.24, 2.45) is 11.7 Å². The van der Waals surface area contributed by atoms with Gasteiger partial charge in [0, 0.05) is 11.6 Å². The lowest BCUT2D eigenvalue weighted by Crippen LogP contribution is -2.12. The minimum Gasteiger partial charge on any atom is -0.324 e. The summed E-state index contributed by atoms with van der Waals surface area (Å²) in [4.78, 5) is 0. The first-order valence-corrected chi connectivity index (χ1v) is 5.25. The van der Waals surface area contributed by atoms with E-state index >= 15 is 0 Å². The van der Waals surface area contributed by atoms with E-state index in [0.717, 1.165) is 6.42 Å². The summed E-state index contributed by atoms with van der Waals surface area (Å²) in [5, 5.41) is 0.161. The van der Waals surface area contributed by atoms with Crippen LogP contribution in [0.2, 0.25) is 5.02 Å². The molecule has 14 heavy (non-hydrogen) atoms. The first-order valence-electron chi connectivity index (χ1n) is 4.88. The lowest BCUT2D eigenvalue weighted by Gasteiger charge is -2.12. The molecular formula is C11H13ClFN. The van der Waals surface area contributed by atoms with Gasteiger partial charge in [0.25, 0.3) is 0 Å². The molecule has 1 fully saturated rings. The molecule has 1 atom stereocenters. The van der Waals surface area contributed by atoms with Crippen LogP contribution in [-0.4, -0.2) is 0 Å². The van der Waals surface area contributed by atoms with Crippen molar-refractivity contribution in [2.45, 2.75) is 25.3 Å². The van der Waals surface area contributed by atoms with Crippen molar-refractivity contribution >= 4 is 11.6 Å². The minimum absolute atomic E-state index is 0.161. The van der Waals surface area contributed by atoms with Crippen LogP contribution < -0.4 is 5.73 Å². The van der Waals surface area contributed by atoms with Crippen LogP contribution in [0.3, 0.4) is 0 Å². The van der Waals surface area contributed by atoms with Crippen LogP contribution in [0.4, 0.5) is 4.39 Å². The van der Waals surface area contributed by atoms with E-state index < -0.39 is 0 Å². The van der Waals surface area contributed by atoms with E-state index in [4.69, 9.17) is 17.3 Å². The number of halogens is 2. The molecular weight excluding hydrogens is 201 g/mol. The van der Waals surface area contributed by atoms with Crippen molar-refractivity contribution in [1.29, 1.82) is 0 Å². The standard InChI is InChI=1S/C11H13ClFN/c12-9-3-1-2-8(11(9)13)10(14)6-7-4-5-7/h1-3,7,10H,4-6,14H2. The van der Waals surface area contributed by atoms with Crippen LogP contribution in [0, 0.1) is 11.7 Å². The Hall–Kier alpha value is -0.600. The summed E-state index contributed by atoms with van der Waals surface area (Å²) in [5.74, 6) is 0.339.